The van der Waals surface area contributed by atoms with Crippen LogP contribution in [0.1, 0.15) is 68.1 Å². The fourth-order valence-corrected chi connectivity index (χ4v) is 4.67. The SMILES string of the molecule is COC(=O)C=Cc1cccc(N(Cc2ccc(C=CC(=O)OC3CCC3)cc2)C(=O)C2CCCCC2)c1. The van der Waals surface area contributed by atoms with Crippen LogP contribution in [0.3, 0.4) is 0 Å². The van der Waals surface area contributed by atoms with Crippen LogP contribution in [0.4, 0.5) is 5.69 Å². The van der Waals surface area contributed by atoms with Crippen molar-refractivity contribution in [3.8, 4) is 0 Å². The molecule has 6 nitrogen and oxygen atoms in total. The van der Waals surface area contributed by atoms with E-state index in [1.165, 1.54) is 25.7 Å². The Morgan fingerprint density at radius 2 is 1.54 bits per heavy atom. The fourth-order valence-electron chi connectivity index (χ4n) is 4.67. The molecule has 0 N–H and O–H groups in total. The van der Waals surface area contributed by atoms with Gasteiger partial charge in [0.2, 0.25) is 5.91 Å². The van der Waals surface area contributed by atoms with Crippen molar-refractivity contribution < 1.29 is 23.9 Å². The summed E-state index contributed by atoms with van der Waals surface area (Å²) in [7, 11) is 1.34. The van der Waals surface area contributed by atoms with Crippen molar-refractivity contribution in [3.63, 3.8) is 0 Å². The molecule has 2 aromatic carbocycles. The fraction of sp³-hybridized carbons (Fsp3) is 0.387. The van der Waals surface area contributed by atoms with Crippen LogP contribution >= 0.6 is 0 Å². The van der Waals surface area contributed by atoms with Crippen LogP contribution in [-0.2, 0) is 30.4 Å². The van der Waals surface area contributed by atoms with Crippen molar-refractivity contribution >= 4 is 35.7 Å². The average molecular weight is 502 g/mol. The van der Waals surface area contributed by atoms with Gasteiger partial charge in [-0.05, 0) is 73.1 Å². The van der Waals surface area contributed by atoms with E-state index in [1.807, 2.05) is 53.4 Å². The largest absolute Gasteiger partial charge is 0.466 e. The normalized spacial score (nSPS) is 16.5. The molecule has 0 unspecified atom stereocenters. The van der Waals surface area contributed by atoms with Gasteiger partial charge in [-0.2, -0.15) is 0 Å². The van der Waals surface area contributed by atoms with E-state index >= 15 is 0 Å². The molecule has 2 aliphatic rings. The molecule has 0 bridgehead atoms. The van der Waals surface area contributed by atoms with E-state index in [-0.39, 0.29) is 23.9 Å². The molecule has 2 saturated carbocycles. The molecular weight excluding hydrogens is 466 g/mol. The van der Waals surface area contributed by atoms with E-state index in [0.29, 0.717) is 6.54 Å². The molecule has 0 heterocycles. The van der Waals surface area contributed by atoms with Gasteiger partial charge in [-0.25, -0.2) is 9.59 Å². The monoisotopic (exact) mass is 501 g/mol. The van der Waals surface area contributed by atoms with Crippen molar-refractivity contribution in [1.29, 1.82) is 0 Å². The zero-order valence-electron chi connectivity index (χ0n) is 21.4. The van der Waals surface area contributed by atoms with Crippen LogP contribution < -0.4 is 4.90 Å². The Bertz CT molecular complexity index is 1140. The number of esters is 2. The second-order valence-electron chi connectivity index (χ2n) is 9.78. The second kappa shape index (κ2) is 13.0. The zero-order valence-corrected chi connectivity index (χ0v) is 21.4. The van der Waals surface area contributed by atoms with Gasteiger partial charge >= 0.3 is 11.9 Å². The summed E-state index contributed by atoms with van der Waals surface area (Å²) in [5.74, 6) is -0.575. The first-order valence-corrected chi connectivity index (χ1v) is 13.2. The summed E-state index contributed by atoms with van der Waals surface area (Å²) in [4.78, 5) is 39.0. The number of carbonyl (C=O) groups excluding carboxylic acids is 3. The summed E-state index contributed by atoms with van der Waals surface area (Å²) >= 11 is 0. The summed E-state index contributed by atoms with van der Waals surface area (Å²) in [6, 6.07) is 15.5. The highest BCUT2D eigenvalue weighted by Gasteiger charge is 2.27. The minimum Gasteiger partial charge on any atom is -0.466 e. The number of hydrogen-bond donors (Lipinski definition) is 0. The van der Waals surface area contributed by atoms with E-state index in [9.17, 15) is 14.4 Å². The quantitative estimate of drug-likeness (QED) is 0.307. The number of benzene rings is 2. The van der Waals surface area contributed by atoms with E-state index in [0.717, 1.165) is 67.3 Å². The molecule has 194 valence electrons. The number of nitrogens with zero attached hydrogens (tertiary/aromatic N) is 1. The van der Waals surface area contributed by atoms with Crippen molar-refractivity contribution in [1.82, 2.24) is 0 Å². The van der Waals surface area contributed by atoms with E-state index in [2.05, 4.69) is 0 Å². The van der Waals surface area contributed by atoms with E-state index < -0.39 is 5.97 Å². The van der Waals surface area contributed by atoms with Crippen molar-refractivity contribution in [3.05, 3.63) is 77.4 Å². The molecule has 2 aromatic rings. The van der Waals surface area contributed by atoms with Crippen LogP contribution in [-0.4, -0.2) is 31.1 Å². The lowest BCUT2D eigenvalue weighted by molar-refractivity contribution is -0.146. The number of rotatable bonds is 9. The van der Waals surface area contributed by atoms with Crippen molar-refractivity contribution in [2.24, 2.45) is 5.92 Å². The Morgan fingerprint density at radius 3 is 2.22 bits per heavy atom. The standard InChI is InChI=1S/C31H35NO5/c1-36-29(33)19-18-24-7-5-10-27(21-24)32(31(35)26-8-3-2-4-9-26)22-25-15-13-23(14-16-25)17-20-30(34)37-28-11-6-12-28/h5,7,10,13-21,26,28H,2-4,6,8-9,11-12,22H2,1H3. The van der Waals surface area contributed by atoms with Gasteiger partial charge in [0.1, 0.15) is 6.10 Å². The first-order chi connectivity index (χ1) is 18.0. The molecular formula is C31H35NO5. The average Bonchev–Trinajstić information content (AvgIpc) is 2.92. The topological polar surface area (TPSA) is 72.9 Å². The molecule has 2 aliphatic carbocycles. The van der Waals surface area contributed by atoms with Crippen molar-refractivity contribution in [2.45, 2.75) is 64.0 Å². The molecule has 4 rings (SSSR count). The van der Waals surface area contributed by atoms with Gasteiger partial charge in [-0.15, -0.1) is 0 Å². The Labute approximate surface area is 219 Å². The van der Waals surface area contributed by atoms with Crippen LogP contribution in [0.5, 0.6) is 0 Å². The number of methoxy groups -OCH3 is 1. The lowest BCUT2D eigenvalue weighted by atomic mass is 9.88. The molecule has 0 aromatic heterocycles. The Morgan fingerprint density at radius 1 is 0.838 bits per heavy atom. The summed E-state index contributed by atoms with van der Waals surface area (Å²) in [6.07, 6.45) is 14.6. The summed E-state index contributed by atoms with van der Waals surface area (Å²) in [5.41, 5.74) is 3.51. The third-order valence-electron chi connectivity index (χ3n) is 7.08. The highest BCUT2D eigenvalue weighted by Crippen LogP contribution is 2.29. The van der Waals surface area contributed by atoms with Crippen LogP contribution in [0, 0.1) is 5.92 Å². The zero-order chi connectivity index (χ0) is 26.0. The van der Waals surface area contributed by atoms with Gasteiger partial charge in [0.25, 0.3) is 0 Å². The minimum atomic E-state index is -0.425. The lowest BCUT2D eigenvalue weighted by Gasteiger charge is -2.30. The Hall–Kier alpha value is -3.67. The molecule has 0 radical (unpaired) electrons. The first kappa shape index (κ1) is 26.4. The van der Waals surface area contributed by atoms with Gasteiger partial charge in [0, 0.05) is 23.8 Å². The van der Waals surface area contributed by atoms with Crippen LogP contribution in [0.2, 0.25) is 0 Å². The summed E-state index contributed by atoms with van der Waals surface area (Å²) in [5, 5.41) is 0. The predicted molar refractivity (Wildman–Crippen MR) is 144 cm³/mol. The third-order valence-corrected chi connectivity index (χ3v) is 7.08. The maximum absolute atomic E-state index is 13.7. The number of ether oxygens (including phenoxy) is 2. The lowest BCUT2D eigenvalue weighted by Crippen LogP contribution is -2.36. The van der Waals surface area contributed by atoms with Gasteiger partial charge in [-0.1, -0.05) is 55.7 Å². The Kier molecular flexibility index (Phi) is 9.30. The van der Waals surface area contributed by atoms with Gasteiger partial charge < -0.3 is 14.4 Å². The molecule has 6 heteroatoms. The maximum atomic E-state index is 13.7. The predicted octanol–water partition coefficient (Wildman–Crippen LogP) is 6.10. The molecule has 0 saturated heterocycles. The summed E-state index contributed by atoms with van der Waals surface area (Å²) in [6.45, 7) is 0.438. The number of anilines is 1. The molecule has 37 heavy (non-hydrogen) atoms. The van der Waals surface area contributed by atoms with Crippen LogP contribution in [0.25, 0.3) is 12.2 Å². The number of amides is 1. The molecule has 0 aliphatic heterocycles. The maximum Gasteiger partial charge on any atom is 0.331 e. The van der Waals surface area contributed by atoms with Gasteiger partial charge in [0.15, 0.2) is 0 Å². The highest BCUT2D eigenvalue weighted by atomic mass is 16.5. The summed E-state index contributed by atoms with van der Waals surface area (Å²) < 4.78 is 10.1. The molecule has 1 amide bonds. The van der Waals surface area contributed by atoms with Crippen LogP contribution in [0.15, 0.2) is 60.7 Å². The number of hydrogen-bond acceptors (Lipinski definition) is 5. The molecule has 2 fully saturated rings. The first-order valence-electron chi connectivity index (χ1n) is 13.2. The number of carbonyl (C=O) groups is 3. The third kappa shape index (κ3) is 7.66. The van der Waals surface area contributed by atoms with E-state index in [4.69, 9.17) is 9.47 Å². The molecule has 0 atom stereocenters. The van der Waals surface area contributed by atoms with Crippen molar-refractivity contribution in [2.75, 3.05) is 12.0 Å². The second-order valence-corrected chi connectivity index (χ2v) is 9.78. The van der Waals surface area contributed by atoms with Gasteiger partial charge in [0.05, 0.1) is 13.7 Å². The highest BCUT2D eigenvalue weighted by molar-refractivity contribution is 5.95. The van der Waals surface area contributed by atoms with E-state index in [1.54, 1.807) is 12.2 Å². The molecule has 0 spiro atoms. The van der Waals surface area contributed by atoms with Gasteiger partial charge in [-0.3, -0.25) is 4.79 Å². The smallest absolute Gasteiger partial charge is 0.331 e. The Balaban J connectivity index is 1.50. The minimum absolute atomic E-state index is 0.0203.